The molecular weight excluding hydrogens is 265 g/mol. The molecule has 0 aliphatic rings. The molecule has 0 saturated heterocycles. The Labute approximate surface area is 105 Å². The minimum atomic E-state index is -4.58. The minimum Gasteiger partial charge on any atom is -0.392 e. The number of thiophene rings is 1. The maximum absolute atomic E-state index is 12.7. The Hall–Kier alpha value is -1.47. The van der Waals surface area contributed by atoms with Gasteiger partial charge in [-0.2, -0.15) is 13.2 Å². The second-order valence-corrected chi connectivity index (χ2v) is 4.60. The number of aliphatic hydroxyl groups excluding tert-OH is 1. The Kier molecular flexibility index (Phi) is 3.63. The summed E-state index contributed by atoms with van der Waals surface area (Å²) in [5, 5.41) is 10.7. The zero-order chi connectivity index (χ0) is 13.2. The molecule has 2 rings (SSSR count). The van der Waals surface area contributed by atoms with Crippen LogP contribution in [0.25, 0.3) is 0 Å². The van der Waals surface area contributed by atoms with Crippen LogP contribution < -0.4 is 0 Å². The smallest absolute Gasteiger partial charge is 0.392 e. The molecule has 0 spiro atoms. The fraction of sp³-hybridized carbons (Fsp3) is 0.273. The first-order chi connectivity index (χ1) is 8.50. The van der Waals surface area contributed by atoms with Gasteiger partial charge in [-0.05, 0) is 11.4 Å². The highest BCUT2D eigenvalue weighted by Gasteiger charge is 2.35. The number of halogens is 3. The molecule has 0 radical (unpaired) electrons. The van der Waals surface area contributed by atoms with Gasteiger partial charge >= 0.3 is 6.18 Å². The molecule has 2 aromatic rings. The summed E-state index contributed by atoms with van der Waals surface area (Å²) in [5.74, 6) is 0.0991. The highest BCUT2D eigenvalue weighted by molar-refractivity contribution is 7.09. The standard InChI is InChI=1S/C11H9F3N2OS/c12-11(13,14)10-7(6-17)5-15-9(16-10)4-8-2-1-3-18-8/h1-3,5,17H,4,6H2. The van der Waals surface area contributed by atoms with E-state index in [1.807, 2.05) is 11.4 Å². The summed E-state index contributed by atoms with van der Waals surface area (Å²) in [5.41, 5.74) is -1.37. The van der Waals surface area contributed by atoms with Gasteiger partial charge in [0.05, 0.1) is 6.61 Å². The fourth-order valence-corrected chi connectivity index (χ4v) is 2.16. The molecule has 0 unspecified atom stereocenters. The molecule has 0 atom stereocenters. The third-order valence-corrected chi connectivity index (χ3v) is 3.14. The lowest BCUT2D eigenvalue weighted by molar-refractivity contribution is -0.142. The first-order valence-corrected chi connectivity index (χ1v) is 5.94. The molecule has 96 valence electrons. The second-order valence-electron chi connectivity index (χ2n) is 3.57. The third kappa shape index (κ3) is 2.85. The van der Waals surface area contributed by atoms with Gasteiger partial charge in [0.1, 0.15) is 5.82 Å². The van der Waals surface area contributed by atoms with Crippen molar-refractivity contribution in [2.24, 2.45) is 0 Å². The molecule has 7 heteroatoms. The molecule has 0 aliphatic carbocycles. The molecule has 2 aromatic heterocycles. The van der Waals surface area contributed by atoms with Gasteiger partial charge in [0.25, 0.3) is 0 Å². The predicted octanol–water partition coefficient (Wildman–Crippen LogP) is 2.64. The van der Waals surface area contributed by atoms with Gasteiger partial charge in [0, 0.05) is 23.1 Å². The van der Waals surface area contributed by atoms with E-state index in [0.29, 0.717) is 0 Å². The molecule has 18 heavy (non-hydrogen) atoms. The van der Waals surface area contributed by atoms with Crippen molar-refractivity contribution in [1.29, 1.82) is 0 Å². The molecule has 0 bridgehead atoms. The van der Waals surface area contributed by atoms with E-state index in [-0.39, 0.29) is 17.8 Å². The zero-order valence-corrected chi connectivity index (χ0v) is 9.92. The van der Waals surface area contributed by atoms with Crippen LogP contribution in [0.5, 0.6) is 0 Å². The molecular formula is C11H9F3N2OS. The summed E-state index contributed by atoms with van der Waals surface area (Å²) in [4.78, 5) is 8.22. The van der Waals surface area contributed by atoms with Gasteiger partial charge in [-0.3, -0.25) is 0 Å². The van der Waals surface area contributed by atoms with Crippen molar-refractivity contribution in [2.45, 2.75) is 19.2 Å². The first-order valence-electron chi connectivity index (χ1n) is 5.06. The van der Waals surface area contributed by atoms with Gasteiger partial charge < -0.3 is 5.11 Å². The Morgan fingerprint density at radius 3 is 2.67 bits per heavy atom. The number of nitrogens with zero attached hydrogens (tertiary/aromatic N) is 2. The third-order valence-electron chi connectivity index (χ3n) is 2.27. The Balaban J connectivity index is 2.34. The van der Waals surface area contributed by atoms with Gasteiger partial charge in [-0.15, -0.1) is 11.3 Å². The number of alkyl halides is 3. The molecule has 0 aliphatic heterocycles. The van der Waals surface area contributed by atoms with E-state index in [4.69, 9.17) is 5.11 Å². The zero-order valence-electron chi connectivity index (χ0n) is 9.11. The average molecular weight is 274 g/mol. The topological polar surface area (TPSA) is 46.0 Å². The number of rotatable bonds is 3. The maximum Gasteiger partial charge on any atom is 0.433 e. The molecule has 2 heterocycles. The Bertz CT molecular complexity index is 526. The molecule has 0 aromatic carbocycles. The van der Waals surface area contributed by atoms with E-state index in [1.54, 1.807) is 6.07 Å². The van der Waals surface area contributed by atoms with Gasteiger partial charge in [-0.1, -0.05) is 6.07 Å². The quantitative estimate of drug-likeness (QED) is 0.936. The SMILES string of the molecule is OCc1cnc(Cc2cccs2)nc1C(F)(F)F. The predicted molar refractivity (Wildman–Crippen MR) is 60.1 cm³/mol. The van der Waals surface area contributed by atoms with E-state index in [2.05, 4.69) is 9.97 Å². The van der Waals surface area contributed by atoms with Crippen LogP contribution in [0.1, 0.15) is 22.0 Å². The summed E-state index contributed by atoms with van der Waals surface area (Å²) >= 11 is 1.43. The van der Waals surface area contributed by atoms with Crippen molar-refractivity contribution >= 4 is 11.3 Å². The van der Waals surface area contributed by atoms with Gasteiger partial charge in [0.15, 0.2) is 5.69 Å². The number of hydrogen-bond acceptors (Lipinski definition) is 4. The van der Waals surface area contributed by atoms with Crippen molar-refractivity contribution in [1.82, 2.24) is 9.97 Å². The van der Waals surface area contributed by atoms with Crippen LogP contribution in [-0.4, -0.2) is 15.1 Å². The normalized spacial score (nSPS) is 11.8. The summed E-state index contributed by atoms with van der Waals surface area (Å²) in [6.45, 7) is -0.728. The van der Waals surface area contributed by atoms with Crippen molar-refractivity contribution in [3.63, 3.8) is 0 Å². The van der Waals surface area contributed by atoms with Crippen LogP contribution in [0.4, 0.5) is 13.2 Å². The monoisotopic (exact) mass is 274 g/mol. The lowest BCUT2D eigenvalue weighted by Crippen LogP contribution is -2.15. The molecule has 0 fully saturated rings. The van der Waals surface area contributed by atoms with Crippen LogP contribution >= 0.6 is 11.3 Å². The van der Waals surface area contributed by atoms with Crippen LogP contribution in [0.15, 0.2) is 23.7 Å². The van der Waals surface area contributed by atoms with E-state index < -0.39 is 18.5 Å². The van der Waals surface area contributed by atoms with Gasteiger partial charge in [0.2, 0.25) is 0 Å². The average Bonchev–Trinajstić information content (AvgIpc) is 2.80. The number of aliphatic hydroxyl groups is 1. The van der Waals surface area contributed by atoms with Crippen LogP contribution in [-0.2, 0) is 19.2 Å². The van der Waals surface area contributed by atoms with Crippen LogP contribution in [0, 0.1) is 0 Å². The van der Waals surface area contributed by atoms with E-state index in [1.165, 1.54) is 11.3 Å². The Morgan fingerprint density at radius 2 is 2.11 bits per heavy atom. The van der Waals surface area contributed by atoms with E-state index in [0.717, 1.165) is 11.1 Å². The van der Waals surface area contributed by atoms with Crippen molar-refractivity contribution in [2.75, 3.05) is 0 Å². The highest BCUT2D eigenvalue weighted by Crippen LogP contribution is 2.30. The summed E-state index contributed by atoms with van der Waals surface area (Å²) in [6, 6.07) is 3.62. The second kappa shape index (κ2) is 5.03. The lowest BCUT2D eigenvalue weighted by atomic mass is 10.2. The van der Waals surface area contributed by atoms with E-state index >= 15 is 0 Å². The number of hydrogen-bond donors (Lipinski definition) is 1. The molecule has 0 saturated carbocycles. The molecule has 0 amide bonds. The molecule has 3 nitrogen and oxygen atoms in total. The minimum absolute atomic E-state index is 0.0991. The van der Waals surface area contributed by atoms with Crippen molar-refractivity contribution in [3.8, 4) is 0 Å². The van der Waals surface area contributed by atoms with Gasteiger partial charge in [-0.25, -0.2) is 9.97 Å². The summed E-state index contributed by atoms with van der Waals surface area (Å²) < 4.78 is 38.1. The fourth-order valence-electron chi connectivity index (χ4n) is 1.46. The Morgan fingerprint density at radius 1 is 1.33 bits per heavy atom. The first kappa shape index (κ1) is 13.0. The van der Waals surface area contributed by atoms with Crippen molar-refractivity contribution < 1.29 is 18.3 Å². The highest BCUT2D eigenvalue weighted by atomic mass is 32.1. The maximum atomic E-state index is 12.7. The van der Waals surface area contributed by atoms with Crippen molar-refractivity contribution in [3.05, 3.63) is 45.7 Å². The van der Waals surface area contributed by atoms with Crippen LogP contribution in [0.2, 0.25) is 0 Å². The van der Waals surface area contributed by atoms with Crippen LogP contribution in [0.3, 0.4) is 0 Å². The van der Waals surface area contributed by atoms with E-state index in [9.17, 15) is 13.2 Å². The largest absolute Gasteiger partial charge is 0.433 e. The lowest BCUT2D eigenvalue weighted by Gasteiger charge is -2.10. The summed E-state index contributed by atoms with van der Waals surface area (Å²) in [7, 11) is 0. The summed E-state index contributed by atoms with van der Waals surface area (Å²) in [6.07, 6.45) is -3.30. The molecule has 1 N–H and O–H groups in total. The number of aromatic nitrogens is 2.